The van der Waals surface area contributed by atoms with Gasteiger partial charge in [-0.05, 0) is 59.7 Å². The fraction of sp³-hybridized carbons (Fsp3) is 0. The molecule has 0 radical (unpaired) electrons. The number of para-hydroxylation sites is 1. The van der Waals surface area contributed by atoms with Crippen molar-refractivity contribution >= 4 is 27.5 Å². The van der Waals surface area contributed by atoms with Crippen LogP contribution in [0.25, 0.3) is 99.6 Å². The average Bonchev–Trinajstić information content (AvgIpc) is 3.67. The molecule has 282 valence electrons. The number of hydrogen-bond donors (Lipinski definition) is 0. The van der Waals surface area contributed by atoms with E-state index in [0.717, 1.165) is 83.3 Å². The lowest BCUT2D eigenvalue weighted by molar-refractivity contribution is 1.17. The number of benzene rings is 8. The maximum Gasteiger partial charge on any atom is 0.187 e. The largest absolute Gasteiger partial charge is 0.308 e. The molecule has 0 saturated heterocycles. The van der Waals surface area contributed by atoms with Crippen LogP contribution in [0.4, 0.5) is 5.69 Å². The van der Waals surface area contributed by atoms with E-state index in [2.05, 4.69) is 64.0 Å². The first kappa shape index (κ1) is 36.5. The third kappa shape index (κ3) is 6.56. The molecule has 0 amide bonds. The summed E-state index contributed by atoms with van der Waals surface area (Å²) in [5.41, 5.74) is 13.6. The molecule has 0 aliphatic heterocycles. The Morgan fingerprint density at radius 1 is 0.426 bits per heavy atom. The third-order valence-electron chi connectivity index (χ3n) is 11.1. The SMILES string of the molecule is [C-]#[N+]c1ccc(-c2ccc3c(c2)c2ccccc2n3-c2c(-c3ccccc3C#N)cc(-c3cc(-c4ccccc4)nc(-c4ccccc4)n3)cc2-c2ccccc2C#N)cc1. The minimum absolute atomic E-state index is 0.518. The Kier molecular flexibility index (Phi) is 9.24. The van der Waals surface area contributed by atoms with Gasteiger partial charge in [-0.25, -0.2) is 14.8 Å². The van der Waals surface area contributed by atoms with Gasteiger partial charge in [0.1, 0.15) is 0 Å². The van der Waals surface area contributed by atoms with Crippen molar-refractivity contribution < 1.29 is 0 Å². The highest BCUT2D eigenvalue weighted by atomic mass is 15.0. The predicted molar refractivity (Wildman–Crippen MR) is 245 cm³/mol. The normalized spacial score (nSPS) is 10.9. The molecule has 10 aromatic rings. The Morgan fingerprint density at radius 2 is 0.951 bits per heavy atom. The number of aromatic nitrogens is 3. The molecule has 8 aromatic carbocycles. The van der Waals surface area contributed by atoms with Crippen LogP contribution < -0.4 is 0 Å². The van der Waals surface area contributed by atoms with Gasteiger partial charge in [0.05, 0.1) is 57.9 Å². The summed E-state index contributed by atoms with van der Waals surface area (Å²) in [4.78, 5) is 13.9. The molecular weight excluding hydrogens is 745 g/mol. The standard InChI is InChI=1S/C55H32N6/c1-58-43-27-24-36(25-28-43)39-26-29-53-47(30-39)46-22-12-13-23-52(46)61(53)54-48(44-20-10-8-18-40(44)34-56)31-42(32-49(54)45-21-11-9-19-41(45)35-57)51-33-50(37-14-4-2-5-15-37)59-55(60-51)38-16-6-3-7-17-38/h2-33H. The maximum atomic E-state index is 10.7. The molecule has 61 heavy (non-hydrogen) atoms. The zero-order valence-electron chi connectivity index (χ0n) is 32.7. The van der Waals surface area contributed by atoms with Gasteiger partial charge in [-0.2, -0.15) is 10.5 Å². The molecule has 2 aromatic heterocycles. The summed E-state index contributed by atoms with van der Waals surface area (Å²) in [6.45, 7) is 7.44. The molecule has 0 fully saturated rings. The van der Waals surface area contributed by atoms with E-state index in [1.54, 1.807) is 0 Å². The molecular formula is C55H32N6. The highest BCUT2D eigenvalue weighted by Crippen LogP contribution is 2.46. The lowest BCUT2D eigenvalue weighted by Gasteiger charge is -2.22. The first-order valence-corrected chi connectivity index (χ1v) is 19.8. The van der Waals surface area contributed by atoms with Crippen molar-refractivity contribution in [3.05, 3.63) is 217 Å². The quantitative estimate of drug-likeness (QED) is 0.151. The first-order valence-electron chi connectivity index (χ1n) is 19.8. The molecule has 0 spiro atoms. The van der Waals surface area contributed by atoms with Gasteiger partial charge >= 0.3 is 0 Å². The molecule has 0 bridgehead atoms. The van der Waals surface area contributed by atoms with E-state index in [-0.39, 0.29) is 0 Å². The van der Waals surface area contributed by atoms with Crippen LogP contribution in [0.3, 0.4) is 0 Å². The van der Waals surface area contributed by atoms with Crippen LogP contribution in [0.15, 0.2) is 194 Å². The second-order valence-corrected chi connectivity index (χ2v) is 14.7. The van der Waals surface area contributed by atoms with Crippen LogP contribution in [0, 0.1) is 29.2 Å². The van der Waals surface area contributed by atoms with Crippen molar-refractivity contribution in [1.82, 2.24) is 14.5 Å². The summed E-state index contributed by atoms with van der Waals surface area (Å²) < 4.78 is 2.28. The van der Waals surface area contributed by atoms with Crippen LogP contribution in [0.1, 0.15) is 11.1 Å². The molecule has 6 heteroatoms. The minimum atomic E-state index is 0.518. The molecule has 0 unspecified atom stereocenters. The molecule has 6 nitrogen and oxygen atoms in total. The second kappa shape index (κ2) is 15.5. The summed E-state index contributed by atoms with van der Waals surface area (Å²) in [6.07, 6.45) is 0. The van der Waals surface area contributed by atoms with Crippen LogP contribution in [0.5, 0.6) is 0 Å². The lowest BCUT2D eigenvalue weighted by atomic mass is 9.88. The first-order chi connectivity index (χ1) is 30.1. The third-order valence-corrected chi connectivity index (χ3v) is 11.1. The number of hydrogen-bond acceptors (Lipinski definition) is 4. The van der Waals surface area contributed by atoms with Crippen molar-refractivity contribution in [3.63, 3.8) is 0 Å². The lowest BCUT2D eigenvalue weighted by Crippen LogP contribution is -2.04. The Labute approximate surface area is 353 Å². The van der Waals surface area contributed by atoms with Crippen molar-refractivity contribution in [2.45, 2.75) is 0 Å². The zero-order valence-corrected chi connectivity index (χ0v) is 32.7. The van der Waals surface area contributed by atoms with Crippen LogP contribution in [0.2, 0.25) is 0 Å². The van der Waals surface area contributed by atoms with Crippen LogP contribution in [-0.2, 0) is 0 Å². The molecule has 10 rings (SSSR count). The summed E-state index contributed by atoms with van der Waals surface area (Å²) in [5.74, 6) is 0.584. The summed E-state index contributed by atoms with van der Waals surface area (Å²) in [5, 5.41) is 23.4. The van der Waals surface area contributed by atoms with Gasteiger partial charge in [-0.15, -0.1) is 0 Å². The minimum Gasteiger partial charge on any atom is -0.308 e. The van der Waals surface area contributed by atoms with Gasteiger partial charge in [0.15, 0.2) is 11.5 Å². The van der Waals surface area contributed by atoms with E-state index in [4.69, 9.17) is 16.5 Å². The fourth-order valence-corrected chi connectivity index (χ4v) is 8.25. The monoisotopic (exact) mass is 776 g/mol. The van der Waals surface area contributed by atoms with Crippen molar-refractivity contribution in [2.24, 2.45) is 0 Å². The van der Waals surface area contributed by atoms with E-state index in [0.29, 0.717) is 28.3 Å². The predicted octanol–water partition coefficient (Wildman–Crippen LogP) is 13.9. The summed E-state index contributed by atoms with van der Waals surface area (Å²) >= 11 is 0. The Hall–Kier alpha value is -8.89. The molecule has 0 saturated carbocycles. The average molecular weight is 777 g/mol. The smallest absolute Gasteiger partial charge is 0.187 e. The number of rotatable bonds is 7. The number of nitrogens with zero attached hydrogens (tertiary/aromatic N) is 6. The molecule has 0 aliphatic carbocycles. The van der Waals surface area contributed by atoms with Gasteiger partial charge < -0.3 is 4.57 Å². The highest BCUT2D eigenvalue weighted by Gasteiger charge is 2.25. The van der Waals surface area contributed by atoms with Gasteiger partial charge in [-0.3, -0.25) is 0 Å². The molecule has 0 atom stereocenters. The van der Waals surface area contributed by atoms with Crippen LogP contribution in [-0.4, -0.2) is 14.5 Å². The van der Waals surface area contributed by atoms with Crippen LogP contribution >= 0.6 is 0 Å². The van der Waals surface area contributed by atoms with Gasteiger partial charge in [0.25, 0.3) is 0 Å². The fourth-order valence-electron chi connectivity index (χ4n) is 8.25. The van der Waals surface area contributed by atoms with Crippen molar-refractivity contribution in [3.8, 4) is 85.1 Å². The van der Waals surface area contributed by atoms with E-state index in [9.17, 15) is 10.5 Å². The Morgan fingerprint density at radius 3 is 1.57 bits per heavy atom. The molecule has 2 heterocycles. The van der Waals surface area contributed by atoms with Crippen molar-refractivity contribution in [1.29, 1.82) is 10.5 Å². The van der Waals surface area contributed by atoms with Gasteiger partial charge in [0, 0.05) is 49.7 Å². The second-order valence-electron chi connectivity index (χ2n) is 14.7. The topological polar surface area (TPSA) is 82.7 Å². The Bertz CT molecular complexity index is 3300. The van der Waals surface area contributed by atoms with E-state index in [1.807, 2.05) is 152 Å². The molecule has 0 aliphatic rings. The summed E-state index contributed by atoms with van der Waals surface area (Å²) in [6, 6.07) is 69.1. The van der Waals surface area contributed by atoms with E-state index < -0.39 is 0 Å². The highest BCUT2D eigenvalue weighted by molar-refractivity contribution is 6.12. The Balaban J connectivity index is 1.33. The number of fused-ring (bicyclic) bond motifs is 3. The van der Waals surface area contributed by atoms with E-state index >= 15 is 0 Å². The van der Waals surface area contributed by atoms with Crippen molar-refractivity contribution in [2.75, 3.05) is 0 Å². The van der Waals surface area contributed by atoms with Gasteiger partial charge in [-0.1, -0.05) is 146 Å². The molecule has 0 N–H and O–H groups in total. The maximum absolute atomic E-state index is 10.7. The zero-order chi connectivity index (χ0) is 41.3. The van der Waals surface area contributed by atoms with E-state index in [1.165, 1.54) is 0 Å². The summed E-state index contributed by atoms with van der Waals surface area (Å²) in [7, 11) is 0. The van der Waals surface area contributed by atoms with Gasteiger partial charge in [0.2, 0.25) is 0 Å². The number of nitriles is 2.